The first-order valence-corrected chi connectivity index (χ1v) is 8.65. The molecular formula is C20H22FNO2. The lowest BCUT2D eigenvalue weighted by Crippen LogP contribution is -2.43. The zero-order chi connectivity index (χ0) is 16.4. The van der Waals surface area contributed by atoms with Crippen molar-refractivity contribution in [2.75, 3.05) is 19.7 Å². The lowest BCUT2D eigenvalue weighted by molar-refractivity contribution is -0.0445. The molecule has 1 unspecified atom stereocenters. The summed E-state index contributed by atoms with van der Waals surface area (Å²) < 4.78 is 26.7. The number of hydrogen-bond donors (Lipinski definition) is 1. The fourth-order valence-corrected chi connectivity index (χ4v) is 3.27. The summed E-state index contributed by atoms with van der Waals surface area (Å²) in [5.74, 6) is 0.532. The van der Waals surface area contributed by atoms with Crippen LogP contribution in [-0.2, 0) is 4.74 Å². The van der Waals surface area contributed by atoms with Gasteiger partial charge in [0, 0.05) is 18.7 Å². The largest absolute Gasteiger partial charge is 0.480 e. The predicted molar refractivity (Wildman–Crippen MR) is 90.8 cm³/mol. The monoisotopic (exact) mass is 327 g/mol. The van der Waals surface area contributed by atoms with Gasteiger partial charge in [0.2, 0.25) is 0 Å². The molecule has 4 rings (SSSR count). The number of ether oxygens (including phenoxy) is 2. The number of nitrogens with one attached hydrogen (secondary N) is 1. The molecule has 4 heteroatoms. The van der Waals surface area contributed by atoms with Gasteiger partial charge in [0.25, 0.3) is 0 Å². The quantitative estimate of drug-likeness (QED) is 0.906. The van der Waals surface area contributed by atoms with Gasteiger partial charge in [-0.2, -0.15) is 0 Å². The van der Waals surface area contributed by atoms with E-state index in [0.29, 0.717) is 24.8 Å². The zero-order valence-corrected chi connectivity index (χ0v) is 13.6. The van der Waals surface area contributed by atoms with Crippen LogP contribution in [0.3, 0.4) is 0 Å². The van der Waals surface area contributed by atoms with Gasteiger partial charge in [-0.25, -0.2) is 4.39 Å². The normalized spacial score (nSPS) is 22.1. The molecule has 0 amide bonds. The van der Waals surface area contributed by atoms with Crippen molar-refractivity contribution in [3.63, 3.8) is 0 Å². The molecule has 1 N–H and O–H groups in total. The number of para-hydroxylation sites is 1. The highest BCUT2D eigenvalue weighted by Gasteiger charge is 2.33. The Labute approximate surface area is 141 Å². The molecule has 1 aliphatic heterocycles. The van der Waals surface area contributed by atoms with E-state index in [-0.39, 0.29) is 18.0 Å². The fourth-order valence-electron chi connectivity index (χ4n) is 3.27. The molecule has 0 bridgehead atoms. The summed E-state index contributed by atoms with van der Waals surface area (Å²) in [4.78, 5) is 0. The third kappa shape index (κ3) is 3.30. The Morgan fingerprint density at radius 2 is 1.92 bits per heavy atom. The molecule has 2 aromatic carbocycles. The van der Waals surface area contributed by atoms with Crippen LogP contribution in [0.5, 0.6) is 5.75 Å². The Morgan fingerprint density at radius 3 is 2.62 bits per heavy atom. The summed E-state index contributed by atoms with van der Waals surface area (Å²) in [6.07, 6.45) is 1.76. The minimum atomic E-state index is -0.326. The molecular weight excluding hydrogens is 305 g/mol. The van der Waals surface area contributed by atoms with Crippen molar-refractivity contribution in [2.24, 2.45) is 0 Å². The Bertz CT molecular complexity index is 681. The summed E-state index contributed by atoms with van der Waals surface area (Å²) >= 11 is 0. The smallest absolute Gasteiger partial charge is 0.165 e. The summed E-state index contributed by atoms with van der Waals surface area (Å²) in [6.45, 7) is 2.18. The summed E-state index contributed by atoms with van der Waals surface area (Å²) in [5, 5.41) is 3.34. The maximum atomic E-state index is 14.5. The molecule has 0 spiro atoms. The first-order chi connectivity index (χ1) is 11.8. The molecule has 1 heterocycles. The number of halogens is 1. The average molecular weight is 327 g/mol. The number of benzene rings is 2. The molecule has 2 aromatic rings. The predicted octanol–water partition coefficient (Wildman–Crippen LogP) is 3.81. The van der Waals surface area contributed by atoms with Gasteiger partial charge < -0.3 is 14.8 Å². The molecule has 1 saturated carbocycles. The van der Waals surface area contributed by atoms with Crippen LogP contribution < -0.4 is 10.1 Å². The lowest BCUT2D eigenvalue weighted by Gasteiger charge is -2.32. The van der Waals surface area contributed by atoms with Gasteiger partial charge in [0.05, 0.1) is 6.61 Å². The summed E-state index contributed by atoms with van der Waals surface area (Å²) in [6, 6.07) is 15.2. The highest BCUT2D eigenvalue weighted by Crippen LogP contribution is 2.46. The molecule has 3 nitrogen and oxygen atoms in total. The molecule has 24 heavy (non-hydrogen) atoms. The molecule has 0 aromatic heterocycles. The molecule has 2 fully saturated rings. The topological polar surface area (TPSA) is 30.5 Å². The van der Waals surface area contributed by atoms with Crippen LogP contribution in [0.4, 0.5) is 4.39 Å². The number of hydrogen-bond acceptors (Lipinski definition) is 3. The van der Waals surface area contributed by atoms with Crippen molar-refractivity contribution in [3.05, 3.63) is 65.5 Å². The minimum absolute atomic E-state index is 0.132. The highest BCUT2D eigenvalue weighted by atomic mass is 19.1. The highest BCUT2D eigenvalue weighted by molar-refractivity contribution is 5.40. The van der Waals surface area contributed by atoms with Crippen LogP contribution in [0.1, 0.15) is 36.0 Å². The van der Waals surface area contributed by atoms with Crippen molar-refractivity contribution in [1.82, 2.24) is 5.32 Å². The van der Waals surface area contributed by atoms with Crippen LogP contribution in [0.25, 0.3) is 0 Å². The second-order valence-corrected chi connectivity index (χ2v) is 6.49. The van der Waals surface area contributed by atoms with Crippen molar-refractivity contribution >= 4 is 0 Å². The van der Waals surface area contributed by atoms with Crippen molar-refractivity contribution in [2.45, 2.75) is 31.0 Å². The Balaban J connectivity index is 1.67. The first-order valence-electron chi connectivity index (χ1n) is 8.65. The fraction of sp³-hybridized carbons (Fsp3) is 0.400. The van der Waals surface area contributed by atoms with Crippen LogP contribution in [0.15, 0.2) is 48.5 Å². The van der Waals surface area contributed by atoms with Gasteiger partial charge in [0.1, 0.15) is 6.10 Å². The average Bonchev–Trinajstić information content (AvgIpc) is 3.47. The molecule has 126 valence electrons. The Hall–Kier alpha value is -1.91. The maximum absolute atomic E-state index is 14.5. The van der Waals surface area contributed by atoms with Crippen molar-refractivity contribution in [1.29, 1.82) is 0 Å². The van der Waals surface area contributed by atoms with Gasteiger partial charge in [0.15, 0.2) is 17.7 Å². The Morgan fingerprint density at radius 1 is 1.08 bits per heavy atom. The standard InChI is InChI=1S/C20H22FNO2/c21-17-8-4-7-16(14-9-10-14)20(17)24-19(15-5-2-1-3-6-15)18-13-22-11-12-23-18/h1-8,14,18-19,22H,9-13H2/t18-,19?/m0/s1. The SMILES string of the molecule is Fc1cccc(C2CC2)c1OC(c1ccccc1)[C@@H]1CNCCO1. The molecule has 0 radical (unpaired) electrons. The van der Waals surface area contributed by atoms with Crippen LogP contribution in [0, 0.1) is 5.82 Å². The van der Waals surface area contributed by atoms with E-state index in [4.69, 9.17) is 9.47 Å². The van der Waals surface area contributed by atoms with Gasteiger partial charge >= 0.3 is 0 Å². The van der Waals surface area contributed by atoms with Gasteiger partial charge in [-0.05, 0) is 30.4 Å². The van der Waals surface area contributed by atoms with Gasteiger partial charge in [-0.3, -0.25) is 0 Å². The zero-order valence-electron chi connectivity index (χ0n) is 13.6. The molecule has 1 saturated heterocycles. The van der Waals surface area contributed by atoms with Crippen LogP contribution >= 0.6 is 0 Å². The second kappa shape index (κ2) is 6.91. The third-order valence-corrected chi connectivity index (χ3v) is 4.68. The summed E-state index contributed by atoms with van der Waals surface area (Å²) in [5.41, 5.74) is 2.00. The Kier molecular flexibility index (Phi) is 4.50. The molecule has 2 atom stereocenters. The van der Waals surface area contributed by atoms with Gasteiger partial charge in [-0.1, -0.05) is 42.5 Å². The van der Waals surface area contributed by atoms with Crippen LogP contribution in [-0.4, -0.2) is 25.8 Å². The van der Waals surface area contributed by atoms with Crippen molar-refractivity contribution in [3.8, 4) is 5.75 Å². The van der Waals surface area contributed by atoms with Crippen molar-refractivity contribution < 1.29 is 13.9 Å². The maximum Gasteiger partial charge on any atom is 0.165 e. The van der Waals surface area contributed by atoms with E-state index < -0.39 is 0 Å². The van der Waals surface area contributed by atoms with E-state index in [1.54, 1.807) is 6.07 Å². The van der Waals surface area contributed by atoms with E-state index in [2.05, 4.69) is 5.32 Å². The first kappa shape index (κ1) is 15.6. The van der Waals surface area contributed by atoms with E-state index >= 15 is 0 Å². The van der Waals surface area contributed by atoms with E-state index in [9.17, 15) is 4.39 Å². The summed E-state index contributed by atoms with van der Waals surface area (Å²) in [7, 11) is 0. The number of rotatable bonds is 5. The lowest BCUT2D eigenvalue weighted by atomic mass is 10.0. The minimum Gasteiger partial charge on any atom is -0.480 e. The second-order valence-electron chi connectivity index (χ2n) is 6.49. The number of morpholine rings is 1. The van der Waals surface area contributed by atoms with E-state index in [1.165, 1.54) is 6.07 Å². The third-order valence-electron chi connectivity index (χ3n) is 4.68. The van der Waals surface area contributed by atoms with Crippen LogP contribution in [0.2, 0.25) is 0 Å². The van der Waals surface area contributed by atoms with E-state index in [1.807, 2.05) is 36.4 Å². The molecule has 1 aliphatic carbocycles. The molecule has 2 aliphatic rings. The van der Waals surface area contributed by atoms with E-state index in [0.717, 1.165) is 30.5 Å². The van der Waals surface area contributed by atoms with Gasteiger partial charge in [-0.15, -0.1) is 0 Å².